The van der Waals surface area contributed by atoms with E-state index in [9.17, 15) is 9.59 Å². The first-order valence-electron chi connectivity index (χ1n) is 7.28. The van der Waals surface area contributed by atoms with E-state index in [-0.39, 0.29) is 11.5 Å². The summed E-state index contributed by atoms with van der Waals surface area (Å²) in [5, 5.41) is 3.41. The topological polar surface area (TPSA) is 62.0 Å². The molecular formula is C17H19ClN2O2. The lowest BCUT2D eigenvalue weighted by Crippen LogP contribution is -2.32. The number of pyridine rings is 1. The van der Waals surface area contributed by atoms with Crippen LogP contribution in [-0.2, 0) is 0 Å². The van der Waals surface area contributed by atoms with Crippen molar-refractivity contribution < 1.29 is 4.79 Å². The normalized spacial score (nSPS) is 12.0. The fourth-order valence-corrected chi connectivity index (χ4v) is 2.08. The van der Waals surface area contributed by atoms with Gasteiger partial charge < -0.3 is 10.3 Å². The summed E-state index contributed by atoms with van der Waals surface area (Å²) >= 11 is 5.84. The third-order valence-corrected chi connectivity index (χ3v) is 3.87. The minimum atomic E-state index is -0.394. The number of benzene rings is 1. The second-order valence-electron chi connectivity index (χ2n) is 5.35. The molecule has 116 valence electrons. The summed E-state index contributed by atoms with van der Waals surface area (Å²) in [5.41, 5.74) is 1.23. The van der Waals surface area contributed by atoms with Crippen LogP contribution in [0.1, 0.15) is 30.6 Å². The van der Waals surface area contributed by atoms with Gasteiger partial charge in [0.15, 0.2) is 0 Å². The standard InChI is InChI=1S/C17H19ClN2O2/c1-3-11(2)10-19-16(21)14-8-9-15(20-17(14)22)12-4-6-13(18)7-5-12/h4-9,11H,3,10H2,1-2H3,(H,19,21)(H,20,22)/t11-/m1/s1. The second kappa shape index (κ2) is 7.27. The first-order valence-corrected chi connectivity index (χ1v) is 7.66. The van der Waals surface area contributed by atoms with Crippen molar-refractivity contribution in [2.45, 2.75) is 20.3 Å². The van der Waals surface area contributed by atoms with Crippen molar-refractivity contribution in [1.82, 2.24) is 10.3 Å². The van der Waals surface area contributed by atoms with Crippen molar-refractivity contribution in [2.24, 2.45) is 5.92 Å². The molecule has 0 saturated heterocycles. The molecule has 2 N–H and O–H groups in total. The number of aromatic amines is 1. The number of H-pyrrole nitrogens is 1. The van der Waals surface area contributed by atoms with Crippen LogP contribution in [0, 0.1) is 5.92 Å². The summed E-state index contributed by atoms with van der Waals surface area (Å²) in [6.07, 6.45) is 0.978. The number of rotatable bonds is 5. The SMILES string of the molecule is CC[C@@H](C)CNC(=O)c1ccc(-c2ccc(Cl)cc2)[nH]c1=O. The Morgan fingerprint density at radius 1 is 1.23 bits per heavy atom. The van der Waals surface area contributed by atoms with E-state index < -0.39 is 5.56 Å². The number of aromatic nitrogens is 1. The summed E-state index contributed by atoms with van der Waals surface area (Å²) in [4.78, 5) is 26.9. The molecule has 2 rings (SSSR count). The maximum Gasteiger partial charge on any atom is 0.261 e. The number of amides is 1. The molecule has 0 aliphatic rings. The molecule has 1 heterocycles. The minimum Gasteiger partial charge on any atom is -0.352 e. The highest BCUT2D eigenvalue weighted by Crippen LogP contribution is 2.18. The summed E-state index contributed by atoms with van der Waals surface area (Å²) < 4.78 is 0. The van der Waals surface area contributed by atoms with Gasteiger partial charge in [0.05, 0.1) is 0 Å². The van der Waals surface area contributed by atoms with Crippen LogP contribution in [0.15, 0.2) is 41.2 Å². The molecule has 0 spiro atoms. The van der Waals surface area contributed by atoms with Crippen LogP contribution in [0.4, 0.5) is 0 Å². The lowest BCUT2D eigenvalue weighted by atomic mass is 10.1. The highest BCUT2D eigenvalue weighted by molar-refractivity contribution is 6.30. The van der Waals surface area contributed by atoms with Crippen LogP contribution < -0.4 is 10.9 Å². The van der Waals surface area contributed by atoms with Crippen LogP contribution in [-0.4, -0.2) is 17.4 Å². The lowest BCUT2D eigenvalue weighted by Gasteiger charge is -2.10. The van der Waals surface area contributed by atoms with Gasteiger partial charge in [-0.1, -0.05) is 44.0 Å². The summed E-state index contributed by atoms with van der Waals surface area (Å²) in [6, 6.07) is 10.4. The fraction of sp³-hybridized carbons (Fsp3) is 0.294. The van der Waals surface area contributed by atoms with E-state index in [1.165, 1.54) is 0 Å². The Morgan fingerprint density at radius 2 is 1.91 bits per heavy atom. The fourth-order valence-electron chi connectivity index (χ4n) is 1.96. The Bertz CT molecular complexity index is 707. The average Bonchev–Trinajstić information content (AvgIpc) is 2.52. The third kappa shape index (κ3) is 3.98. The van der Waals surface area contributed by atoms with Crippen LogP contribution in [0.25, 0.3) is 11.3 Å². The van der Waals surface area contributed by atoms with E-state index in [1.807, 2.05) is 19.1 Å². The molecule has 1 amide bonds. The van der Waals surface area contributed by atoms with Gasteiger partial charge in [0, 0.05) is 17.3 Å². The van der Waals surface area contributed by atoms with Crippen molar-refractivity contribution in [3.63, 3.8) is 0 Å². The smallest absolute Gasteiger partial charge is 0.261 e. The van der Waals surface area contributed by atoms with Gasteiger partial charge in [-0.25, -0.2) is 0 Å². The van der Waals surface area contributed by atoms with Crippen LogP contribution in [0.2, 0.25) is 5.02 Å². The van der Waals surface area contributed by atoms with Gasteiger partial charge in [0.2, 0.25) is 0 Å². The molecule has 22 heavy (non-hydrogen) atoms. The quantitative estimate of drug-likeness (QED) is 0.886. The van der Waals surface area contributed by atoms with Crippen molar-refractivity contribution in [3.8, 4) is 11.3 Å². The largest absolute Gasteiger partial charge is 0.352 e. The zero-order valence-corrected chi connectivity index (χ0v) is 13.4. The van der Waals surface area contributed by atoms with Gasteiger partial charge in [0.1, 0.15) is 5.56 Å². The predicted octanol–water partition coefficient (Wildman–Crippen LogP) is 3.47. The molecule has 0 unspecified atom stereocenters. The molecule has 0 aliphatic heterocycles. The number of nitrogens with one attached hydrogen (secondary N) is 2. The molecule has 0 saturated carbocycles. The minimum absolute atomic E-state index is 0.126. The Balaban J connectivity index is 2.17. The summed E-state index contributed by atoms with van der Waals surface area (Å²) in [7, 11) is 0. The first kappa shape index (κ1) is 16.3. The molecule has 0 radical (unpaired) electrons. The molecular weight excluding hydrogens is 300 g/mol. The lowest BCUT2D eigenvalue weighted by molar-refractivity contribution is 0.0946. The highest BCUT2D eigenvalue weighted by Gasteiger charge is 2.12. The molecule has 1 atom stereocenters. The van der Waals surface area contributed by atoms with Crippen molar-refractivity contribution in [1.29, 1.82) is 0 Å². The van der Waals surface area contributed by atoms with Gasteiger partial charge in [-0.3, -0.25) is 9.59 Å². The Kier molecular flexibility index (Phi) is 5.39. The Hall–Kier alpha value is -2.07. The third-order valence-electron chi connectivity index (χ3n) is 3.62. The zero-order chi connectivity index (χ0) is 16.1. The average molecular weight is 319 g/mol. The van der Waals surface area contributed by atoms with E-state index >= 15 is 0 Å². The second-order valence-corrected chi connectivity index (χ2v) is 5.78. The molecule has 0 bridgehead atoms. The van der Waals surface area contributed by atoms with Crippen molar-refractivity contribution in [3.05, 3.63) is 57.3 Å². The summed E-state index contributed by atoms with van der Waals surface area (Å²) in [5.74, 6) is 0.0422. The number of halogens is 1. The number of carbonyl (C=O) groups excluding carboxylic acids is 1. The van der Waals surface area contributed by atoms with E-state index in [4.69, 9.17) is 11.6 Å². The van der Waals surface area contributed by atoms with Crippen molar-refractivity contribution in [2.75, 3.05) is 6.54 Å². The maximum atomic E-state index is 12.1. The molecule has 4 nitrogen and oxygen atoms in total. The highest BCUT2D eigenvalue weighted by atomic mass is 35.5. The molecule has 2 aromatic rings. The van der Waals surface area contributed by atoms with Gasteiger partial charge in [-0.05, 0) is 35.7 Å². The van der Waals surface area contributed by atoms with E-state index in [2.05, 4.69) is 17.2 Å². The van der Waals surface area contributed by atoms with E-state index in [1.54, 1.807) is 24.3 Å². The zero-order valence-electron chi connectivity index (χ0n) is 12.7. The Labute approximate surface area is 134 Å². The monoisotopic (exact) mass is 318 g/mol. The van der Waals surface area contributed by atoms with Gasteiger partial charge >= 0.3 is 0 Å². The van der Waals surface area contributed by atoms with Gasteiger partial charge in [-0.2, -0.15) is 0 Å². The van der Waals surface area contributed by atoms with Crippen LogP contribution in [0.5, 0.6) is 0 Å². The molecule has 5 heteroatoms. The predicted molar refractivity (Wildman–Crippen MR) is 89.3 cm³/mol. The van der Waals surface area contributed by atoms with E-state index in [0.717, 1.165) is 12.0 Å². The van der Waals surface area contributed by atoms with E-state index in [0.29, 0.717) is 23.2 Å². The first-order chi connectivity index (χ1) is 10.5. The molecule has 0 fully saturated rings. The van der Waals surface area contributed by atoms with Gasteiger partial charge in [0.25, 0.3) is 11.5 Å². The number of carbonyl (C=O) groups is 1. The summed E-state index contributed by atoms with van der Waals surface area (Å²) in [6.45, 7) is 4.67. The van der Waals surface area contributed by atoms with Crippen molar-refractivity contribution >= 4 is 17.5 Å². The van der Waals surface area contributed by atoms with Crippen LogP contribution in [0.3, 0.4) is 0 Å². The maximum absolute atomic E-state index is 12.1. The number of hydrogen-bond acceptors (Lipinski definition) is 2. The Morgan fingerprint density at radius 3 is 2.50 bits per heavy atom. The molecule has 1 aromatic carbocycles. The number of hydrogen-bond donors (Lipinski definition) is 2. The van der Waals surface area contributed by atoms with Crippen LogP contribution >= 0.6 is 11.6 Å². The molecule has 1 aromatic heterocycles. The molecule has 0 aliphatic carbocycles. The van der Waals surface area contributed by atoms with Gasteiger partial charge in [-0.15, -0.1) is 0 Å².